The van der Waals surface area contributed by atoms with Gasteiger partial charge < -0.3 is 14.6 Å². The van der Waals surface area contributed by atoms with E-state index in [0.717, 1.165) is 17.5 Å². The molecule has 3 rings (SSSR count). The maximum atomic E-state index is 12.4. The molecule has 10 heteroatoms. The molecule has 0 aliphatic heterocycles. The molecule has 2 aromatic carbocycles. The molecule has 1 aromatic heterocycles. The Bertz CT molecular complexity index is 1170. The number of imidazole rings is 1. The average Bonchev–Trinajstić information content (AvgIpc) is 3.29. The molecular formula is C22H25ClN4O4S. The Morgan fingerprint density at radius 3 is 2.69 bits per heavy atom. The molecule has 0 spiro atoms. The van der Waals surface area contributed by atoms with Gasteiger partial charge in [0.05, 0.1) is 36.1 Å². The third-order valence-electron chi connectivity index (χ3n) is 4.84. The number of benzene rings is 2. The van der Waals surface area contributed by atoms with Gasteiger partial charge in [0.1, 0.15) is 5.75 Å². The van der Waals surface area contributed by atoms with Crippen molar-refractivity contribution >= 4 is 33.2 Å². The number of nitrogens with zero attached hydrogens (tertiary/aromatic N) is 3. The summed E-state index contributed by atoms with van der Waals surface area (Å²) in [4.78, 5) is 16.4. The number of hydrogen-bond acceptors (Lipinski definition) is 5. The van der Waals surface area contributed by atoms with Crippen LogP contribution in [-0.2, 0) is 21.4 Å². The van der Waals surface area contributed by atoms with Crippen molar-refractivity contribution in [3.63, 3.8) is 0 Å². The zero-order valence-corrected chi connectivity index (χ0v) is 19.4. The fourth-order valence-corrected chi connectivity index (χ4v) is 4.49. The normalized spacial score (nSPS) is 11.2. The predicted octanol–water partition coefficient (Wildman–Crippen LogP) is 3.40. The summed E-state index contributed by atoms with van der Waals surface area (Å²) < 4.78 is 32.8. The van der Waals surface area contributed by atoms with Gasteiger partial charge >= 0.3 is 0 Å². The number of ether oxygens (including phenoxy) is 1. The summed E-state index contributed by atoms with van der Waals surface area (Å²) in [7, 11) is -2.06. The molecule has 8 nitrogen and oxygen atoms in total. The Balaban J connectivity index is 1.58. The summed E-state index contributed by atoms with van der Waals surface area (Å²) in [6.45, 7) is 0.512. The minimum absolute atomic E-state index is 0.153. The Morgan fingerprint density at radius 2 is 2.03 bits per heavy atom. The number of aromatic nitrogens is 2. The highest BCUT2D eigenvalue weighted by molar-refractivity contribution is 7.92. The van der Waals surface area contributed by atoms with Gasteiger partial charge in [-0.2, -0.15) is 0 Å². The van der Waals surface area contributed by atoms with Crippen LogP contribution in [0.5, 0.6) is 5.75 Å². The number of hydrogen-bond donors (Lipinski definition) is 1. The van der Waals surface area contributed by atoms with Crippen LogP contribution in [-0.4, -0.2) is 43.8 Å². The molecule has 0 saturated heterocycles. The van der Waals surface area contributed by atoms with E-state index in [4.69, 9.17) is 16.3 Å². The fourth-order valence-electron chi connectivity index (χ4n) is 3.28. The van der Waals surface area contributed by atoms with Gasteiger partial charge in [0, 0.05) is 31.9 Å². The number of anilines is 1. The Labute approximate surface area is 192 Å². The first-order valence-electron chi connectivity index (χ1n) is 9.94. The molecule has 32 heavy (non-hydrogen) atoms. The van der Waals surface area contributed by atoms with Crippen molar-refractivity contribution < 1.29 is 17.9 Å². The first-order valence-corrected chi connectivity index (χ1v) is 12.2. The molecule has 0 aliphatic rings. The highest BCUT2D eigenvalue weighted by atomic mass is 35.5. The van der Waals surface area contributed by atoms with Crippen molar-refractivity contribution in [2.75, 3.05) is 24.2 Å². The van der Waals surface area contributed by atoms with Crippen LogP contribution in [0.15, 0.2) is 61.2 Å². The van der Waals surface area contributed by atoms with Crippen molar-refractivity contribution in [3.05, 3.63) is 71.8 Å². The van der Waals surface area contributed by atoms with Crippen molar-refractivity contribution in [2.45, 2.75) is 19.4 Å². The first kappa shape index (κ1) is 23.6. The van der Waals surface area contributed by atoms with Crippen molar-refractivity contribution in [1.82, 2.24) is 14.9 Å². The standard InChI is InChI=1S/C22H25ClN4O4S/c1-31-21-10-9-18(14-19(21)23)27(32(2,29)30)12-5-8-22(28)25-15-17-6-3-4-7-20(17)26-13-11-24-16-26/h3-4,6-7,9-11,13-14,16H,5,8,12,15H2,1-2H3,(H,25,28). The van der Waals surface area contributed by atoms with Crippen molar-refractivity contribution in [1.29, 1.82) is 0 Å². The molecule has 0 bridgehead atoms. The second-order valence-corrected chi connectivity index (χ2v) is 9.45. The second-order valence-electron chi connectivity index (χ2n) is 7.13. The van der Waals surface area contributed by atoms with Crippen LogP contribution < -0.4 is 14.4 Å². The van der Waals surface area contributed by atoms with E-state index in [1.807, 2.05) is 35.0 Å². The molecule has 0 radical (unpaired) electrons. The van der Waals surface area contributed by atoms with Gasteiger partial charge in [-0.3, -0.25) is 9.10 Å². The maximum Gasteiger partial charge on any atom is 0.232 e. The minimum atomic E-state index is -3.54. The van der Waals surface area contributed by atoms with Crippen molar-refractivity contribution in [2.24, 2.45) is 0 Å². The molecule has 0 fully saturated rings. The zero-order valence-electron chi connectivity index (χ0n) is 17.9. The topological polar surface area (TPSA) is 93.5 Å². The number of carbonyl (C=O) groups is 1. The van der Waals surface area contributed by atoms with Crippen LogP contribution >= 0.6 is 11.6 Å². The lowest BCUT2D eigenvalue weighted by molar-refractivity contribution is -0.121. The zero-order chi connectivity index (χ0) is 23.1. The van der Waals surface area contributed by atoms with Gasteiger partial charge in [0.15, 0.2) is 0 Å². The van der Waals surface area contributed by atoms with E-state index < -0.39 is 10.0 Å². The molecule has 1 amide bonds. The summed E-state index contributed by atoms with van der Waals surface area (Å²) in [5, 5.41) is 3.21. The van der Waals surface area contributed by atoms with Crippen LogP contribution in [0.1, 0.15) is 18.4 Å². The Morgan fingerprint density at radius 1 is 1.25 bits per heavy atom. The van der Waals surface area contributed by atoms with Gasteiger partial charge in [-0.1, -0.05) is 29.8 Å². The summed E-state index contributed by atoms with van der Waals surface area (Å²) in [5.41, 5.74) is 2.31. The lowest BCUT2D eigenvalue weighted by Crippen LogP contribution is -2.32. The minimum Gasteiger partial charge on any atom is -0.495 e. The number of methoxy groups -OCH3 is 1. The Hall–Kier alpha value is -3.04. The Kier molecular flexibility index (Phi) is 7.76. The van der Waals surface area contributed by atoms with Gasteiger partial charge in [-0.25, -0.2) is 13.4 Å². The predicted molar refractivity (Wildman–Crippen MR) is 125 cm³/mol. The third-order valence-corrected chi connectivity index (χ3v) is 6.33. The highest BCUT2D eigenvalue weighted by Gasteiger charge is 2.19. The lowest BCUT2D eigenvalue weighted by atomic mass is 10.1. The molecule has 0 atom stereocenters. The smallest absolute Gasteiger partial charge is 0.232 e. The number of para-hydroxylation sites is 1. The third kappa shape index (κ3) is 6.02. The summed E-state index contributed by atoms with van der Waals surface area (Å²) >= 11 is 6.14. The van der Waals surface area contributed by atoms with E-state index in [2.05, 4.69) is 10.3 Å². The molecule has 0 aliphatic carbocycles. The summed E-state index contributed by atoms with van der Waals surface area (Å²) in [6, 6.07) is 12.5. The number of rotatable bonds is 10. The van der Waals surface area contributed by atoms with Crippen LogP contribution in [0.4, 0.5) is 5.69 Å². The number of halogens is 1. The van der Waals surface area contributed by atoms with Gasteiger partial charge in [0.2, 0.25) is 15.9 Å². The molecule has 0 unspecified atom stereocenters. The largest absolute Gasteiger partial charge is 0.495 e. The summed E-state index contributed by atoms with van der Waals surface area (Å²) in [5.74, 6) is 0.297. The van der Waals surface area contributed by atoms with E-state index in [0.29, 0.717) is 29.4 Å². The molecule has 1 heterocycles. The molecular weight excluding hydrogens is 452 g/mol. The SMILES string of the molecule is COc1ccc(N(CCCC(=O)NCc2ccccc2-n2ccnc2)S(C)(=O)=O)cc1Cl. The molecule has 0 saturated carbocycles. The maximum absolute atomic E-state index is 12.4. The average molecular weight is 477 g/mol. The quantitative estimate of drug-likeness (QED) is 0.484. The van der Waals surface area contributed by atoms with Gasteiger partial charge in [-0.05, 0) is 36.2 Å². The van der Waals surface area contributed by atoms with E-state index in [9.17, 15) is 13.2 Å². The van der Waals surface area contributed by atoms with Crippen LogP contribution in [0.3, 0.4) is 0 Å². The van der Waals surface area contributed by atoms with E-state index in [-0.39, 0.29) is 18.9 Å². The van der Waals surface area contributed by atoms with Gasteiger partial charge in [0.25, 0.3) is 0 Å². The van der Waals surface area contributed by atoms with Crippen molar-refractivity contribution in [3.8, 4) is 11.4 Å². The first-order chi connectivity index (χ1) is 15.3. The monoisotopic (exact) mass is 476 g/mol. The number of amides is 1. The van der Waals surface area contributed by atoms with E-state index in [1.165, 1.54) is 17.5 Å². The number of sulfonamides is 1. The van der Waals surface area contributed by atoms with Crippen LogP contribution in [0, 0.1) is 0 Å². The molecule has 1 N–H and O–H groups in total. The second kappa shape index (κ2) is 10.5. The van der Waals surface area contributed by atoms with E-state index in [1.54, 1.807) is 24.7 Å². The van der Waals surface area contributed by atoms with Crippen LogP contribution in [0.2, 0.25) is 5.02 Å². The van der Waals surface area contributed by atoms with Gasteiger partial charge in [-0.15, -0.1) is 0 Å². The number of carbonyl (C=O) groups excluding carboxylic acids is 1. The molecule has 170 valence electrons. The highest BCUT2D eigenvalue weighted by Crippen LogP contribution is 2.30. The fraction of sp³-hybridized carbons (Fsp3) is 0.273. The number of nitrogens with one attached hydrogen (secondary N) is 1. The molecule has 3 aromatic rings. The van der Waals surface area contributed by atoms with Crippen LogP contribution in [0.25, 0.3) is 5.69 Å². The summed E-state index contributed by atoms with van der Waals surface area (Å²) in [6.07, 6.45) is 6.89. The van der Waals surface area contributed by atoms with E-state index >= 15 is 0 Å². The lowest BCUT2D eigenvalue weighted by Gasteiger charge is -2.23.